The molecule has 3 heterocycles. The summed E-state index contributed by atoms with van der Waals surface area (Å²) in [5, 5.41) is 21.0. The van der Waals surface area contributed by atoms with Gasteiger partial charge in [-0.2, -0.15) is 0 Å². The largest absolute Gasteiger partial charge is 0.465 e. The van der Waals surface area contributed by atoms with Gasteiger partial charge in [-0.1, -0.05) is 5.21 Å². The number of rotatable bonds is 4. The minimum atomic E-state index is -0.829. The van der Waals surface area contributed by atoms with Gasteiger partial charge in [-0.3, -0.25) is 9.58 Å². The lowest BCUT2D eigenvalue weighted by Crippen LogP contribution is -2.52. The fraction of sp³-hybridized carbons (Fsp3) is 0.800. The second kappa shape index (κ2) is 7.27. The van der Waals surface area contributed by atoms with Crippen molar-refractivity contribution in [2.75, 3.05) is 32.7 Å². The Kier molecular flexibility index (Phi) is 5.12. The molecule has 1 atom stereocenters. The van der Waals surface area contributed by atoms with Crippen molar-refractivity contribution in [3.8, 4) is 0 Å². The van der Waals surface area contributed by atoms with Crippen molar-refractivity contribution in [3.63, 3.8) is 0 Å². The summed E-state index contributed by atoms with van der Waals surface area (Å²) in [7, 11) is 0. The number of amides is 1. The average molecular weight is 322 g/mol. The van der Waals surface area contributed by atoms with E-state index in [1.54, 1.807) is 0 Å². The first-order valence-electron chi connectivity index (χ1n) is 8.43. The van der Waals surface area contributed by atoms with E-state index in [-0.39, 0.29) is 6.04 Å². The third-order valence-electron chi connectivity index (χ3n) is 4.89. The third kappa shape index (κ3) is 4.20. The van der Waals surface area contributed by atoms with Gasteiger partial charge in [-0.15, -0.1) is 5.10 Å². The van der Waals surface area contributed by atoms with E-state index in [0.29, 0.717) is 19.0 Å². The molecule has 0 saturated carbocycles. The van der Waals surface area contributed by atoms with Crippen molar-refractivity contribution < 1.29 is 9.90 Å². The average Bonchev–Trinajstić information content (AvgIpc) is 2.97. The van der Waals surface area contributed by atoms with Gasteiger partial charge in [-0.05, 0) is 38.8 Å². The second-order valence-electron chi connectivity index (χ2n) is 6.67. The fourth-order valence-electron chi connectivity index (χ4n) is 3.44. The van der Waals surface area contributed by atoms with Crippen LogP contribution in [-0.4, -0.2) is 74.8 Å². The van der Waals surface area contributed by atoms with Crippen LogP contribution in [0.2, 0.25) is 0 Å². The standard InChI is InChI=1S/C15H26N6O2/c1-12-8-20(15(22)23)7-6-19(12)10-14-11-21(18-17-14)9-13-2-4-16-5-3-13/h11-13,16H,2-10H2,1H3,(H,22,23)/t12-/m0/s1. The molecule has 2 aliphatic rings. The lowest BCUT2D eigenvalue weighted by molar-refractivity contribution is 0.0705. The van der Waals surface area contributed by atoms with E-state index in [1.165, 1.54) is 17.7 Å². The number of nitrogens with zero attached hydrogens (tertiary/aromatic N) is 5. The number of piperazine rings is 1. The fourth-order valence-corrected chi connectivity index (χ4v) is 3.44. The maximum Gasteiger partial charge on any atom is 0.407 e. The maximum absolute atomic E-state index is 11.0. The highest BCUT2D eigenvalue weighted by molar-refractivity contribution is 5.65. The summed E-state index contributed by atoms with van der Waals surface area (Å²) >= 11 is 0. The highest BCUT2D eigenvalue weighted by Gasteiger charge is 2.27. The van der Waals surface area contributed by atoms with Crippen LogP contribution >= 0.6 is 0 Å². The van der Waals surface area contributed by atoms with Gasteiger partial charge in [0.25, 0.3) is 0 Å². The van der Waals surface area contributed by atoms with Crippen LogP contribution in [0.15, 0.2) is 6.20 Å². The molecule has 1 aromatic heterocycles. The Morgan fingerprint density at radius 1 is 1.39 bits per heavy atom. The highest BCUT2D eigenvalue weighted by atomic mass is 16.4. The van der Waals surface area contributed by atoms with Crippen LogP contribution in [0.3, 0.4) is 0 Å². The maximum atomic E-state index is 11.0. The van der Waals surface area contributed by atoms with Crippen LogP contribution in [0, 0.1) is 5.92 Å². The van der Waals surface area contributed by atoms with Gasteiger partial charge >= 0.3 is 6.09 Å². The third-order valence-corrected chi connectivity index (χ3v) is 4.89. The number of carboxylic acid groups (broad SMARTS) is 1. The molecule has 2 fully saturated rings. The molecule has 0 bridgehead atoms. The molecule has 128 valence electrons. The summed E-state index contributed by atoms with van der Waals surface area (Å²) in [5.41, 5.74) is 0.967. The van der Waals surface area contributed by atoms with E-state index in [2.05, 4.69) is 27.5 Å². The topological polar surface area (TPSA) is 86.5 Å². The Labute approximate surface area is 136 Å². The van der Waals surface area contributed by atoms with Crippen molar-refractivity contribution in [3.05, 3.63) is 11.9 Å². The summed E-state index contributed by atoms with van der Waals surface area (Å²) in [4.78, 5) is 14.8. The predicted octanol–water partition coefficient (Wildman–Crippen LogP) is 0.462. The summed E-state index contributed by atoms with van der Waals surface area (Å²) in [6, 6.07) is 0.203. The number of carbonyl (C=O) groups is 1. The molecule has 0 aromatic carbocycles. The van der Waals surface area contributed by atoms with Gasteiger partial charge in [0.2, 0.25) is 0 Å². The number of nitrogens with one attached hydrogen (secondary N) is 1. The van der Waals surface area contributed by atoms with Crippen molar-refractivity contribution in [2.45, 2.75) is 38.9 Å². The molecule has 23 heavy (non-hydrogen) atoms. The number of hydrogen-bond acceptors (Lipinski definition) is 5. The zero-order chi connectivity index (χ0) is 16.2. The molecule has 1 amide bonds. The van der Waals surface area contributed by atoms with E-state index >= 15 is 0 Å². The van der Waals surface area contributed by atoms with Crippen molar-refractivity contribution in [2.24, 2.45) is 5.92 Å². The Morgan fingerprint density at radius 2 is 2.17 bits per heavy atom. The van der Waals surface area contributed by atoms with Gasteiger partial charge in [0.1, 0.15) is 0 Å². The molecule has 2 aliphatic heterocycles. The van der Waals surface area contributed by atoms with Crippen LogP contribution in [-0.2, 0) is 13.1 Å². The van der Waals surface area contributed by atoms with Crippen molar-refractivity contribution in [1.82, 2.24) is 30.1 Å². The molecule has 0 radical (unpaired) electrons. The summed E-state index contributed by atoms with van der Waals surface area (Å²) in [6.07, 6.45) is 3.61. The lowest BCUT2D eigenvalue weighted by Gasteiger charge is -2.38. The quantitative estimate of drug-likeness (QED) is 0.838. The molecule has 1 aromatic rings. The van der Waals surface area contributed by atoms with Gasteiger partial charge in [-0.25, -0.2) is 4.79 Å². The minimum absolute atomic E-state index is 0.203. The predicted molar refractivity (Wildman–Crippen MR) is 85.1 cm³/mol. The van der Waals surface area contributed by atoms with Gasteiger partial charge in [0, 0.05) is 45.0 Å². The Bertz CT molecular complexity index is 528. The monoisotopic (exact) mass is 322 g/mol. The zero-order valence-electron chi connectivity index (χ0n) is 13.7. The van der Waals surface area contributed by atoms with Gasteiger partial charge < -0.3 is 15.3 Å². The smallest absolute Gasteiger partial charge is 0.407 e. The molecule has 0 unspecified atom stereocenters. The van der Waals surface area contributed by atoms with E-state index in [0.717, 1.165) is 38.4 Å². The number of piperidine rings is 1. The van der Waals surface area contributed by atoms with Gasteiger partial charge in [0.05, 0.1) is 5.69 Å². The molecule has 8 heteroatoms. The van der Waals surface area contributed by atoms with Crippen molar-refractivity contribution >= 4 is 6.09 Å². The van der Waals surface area contributed by atoms with E-state index in [9.17, 15) is 4.79 Å². The molecule has 2 saturated heterocycles. The summed E-state index contributed by atoms with van der Waals surface area (Å²) in [5.74, 6) is 0.684. The SMILES string of the molecule is C[C@H]1CN(C(=O)O)CCN1Cc1cn(CC2CCNCC2)nn1. The van der Waals surface area contributed by atoms with Crippen LogP contribution in [0.1, 0.15) is 25.5 Å². The lowest BCUT2D eigenvalue weighted by atomic mass is 9.98. The Hall–Kier alpha value is -1.67. The van der Waals surface area contributed by atoms with Gasteiger partial charge in [0.15, 0.2) is 0 Å². The molecule has 3 rings (SSSR count). The number of aromatic nitrogens is 3. The summed E-state index contributed by atoms with van der Waals surface area (Å²) < 4.78 is 1.96. The molecule has 8 nitrogen and oxygen atoms in total. The molecular weight excluding hydrogens is 296 g/mol. The first-order valence-corrected chi connectivity index (χ1v) is 8.43. The van der Waals surface area contributed by atoms with Crippen molar-refractivity contribution in [1.29, 1.82) is 0 Å². The Balaban J connectivity index is 1.51. The Morgan fingerprint density at radius 3 is 2.87 bits per heavy atom. The first-order chi connectivity index (χ1) is 11.1. The molecular formula is C15H26N6O2. The van der Waals surface area contributed by atoms with E-state index in [4.69, 9.17) is 5.11 Å². The first kappa shape index (κ1) is 16.2. The van der Waals surface area contributed by atoms with E-state index < -0.39 is 6.09 Å². The van der Waals surface area contributed by atoms with Crippen LogP contribution in [0.25, 0.3) is 0 Å². The van der Waals surface area contributed by atoms with Crippen LogP contribution < -0.4 is 5.32 Å². The van der Waals surface area contributed by atoms with E-state index in [1.807, 2.05) is 10.9 Å². The minimum Gasteiger partial charge on any atom is -0.465 e. The number of hydrogen-bond donors (Lipinski definition) is 2. The summed E-state index contributed by atoms with van der Waals surface area (Å²) in [6.45, 7) is 7.79. The highest BCUT2D eigenvalue weighted by Crippen LogP contribution is 2.15. The molecule has 2 N–H and O–H groups in total. The molecule has 0 aliphatic carbocycles. The van der Waals surface area contributed by atoms with Crippen LogP contribution in [0.4, 0.5) is 4.79 Å². The normalized spacial score (nSPS) is 24.0. The second-order valence-corrected chi connectivity index (χ2v) is 6.67. The zero-order valence-corrected chi connectivity index (χ0v) is 13.7. The van der Waals surface area contributed by atoms with Crippen LogP contribution in [0.5, 0.6) is 0 Å². The molecule has 0 spiro atoms.